The van der Waals surface area contributed by atoms with Gasteiger partial charge in [0.1, 0.15) is 5.82 Å². The molecular formula is C16H21N3. The van der Waals surface area contributed by atoms with Gasteiger partial charge in [0, 0.05) is 11.3 Å². The van der Waals surface area contributed by atoms with Crippen molar-refractivity contribution in [2.75, 3.05) is 0 Å². The van der Waals surface area contributed by atoms with E-state index < -0.39 is 5.54 Å². The molecule has 0 radical (unpaired) electrons. The SMILES string of the molecule is Cc1ccc(-c2cc(C)nc(C(C)(C)N)n2)c(C)c1. The second-order valence-electron chi connectivity index (χ2n) is 5.76. The summed E-state index contributed by atoms with van der Waals surface area (Å²) in [4.78, 5) is 9.07. The van der Waals surface area contributed by atoms with Crippen LogP contribution in [-0.4, -0.2) is 9.97 Å². The van der Waals surface area contributed by atoms with E-state index in [4.69, 9.17) is 5.73 Å². The summed E-state index contributed by atoms with van der Waals surface area (Å²) in [6.45, 7) is 10.0. The third kappa shape index (κ3) is 2.99. The van der Waals surface area contributed by atoms with Crippen molar-refractivity contribution in [1.82, 2.24) is 9.97 Å². The molecule has 0 aliphatic carbocycles. The van der Waals surface area contributed by atoms with Crippen LogP contribution in [0, 0.1) is 20.8 Å². The first-order valence-corrected chi connectivity index (χ1v) is 6.50. The average molecular weight is 255 g/mol. The van der Waals surface area contributed by atoms with E-state index >= 15 is 0 Å². The summed E-state index contributed by atoms with van der Waals surface area (Å²) in [6, 6.07) is 8.39. The fraction of sp³-hybridized carbons (Fsp3) is 0.375. The van der Waals surface area contributed by atoms with Crippen molar-refractivity contribution in [3.05, 3.63) is 46.9 Å². The molecule has 1 aromatic carbocycles. The molecule has 0 bridgehead atoms. The van der Waals surface area contributed by atoms with E-state index in [1.54, 1.807) is 0 Å². The van der Waals surface area contributed by atoms with Gasteiger partial charge in [-0.25, -0.2) is 9.97 Å². The normalized spacial score (nSPS) is 11.7. The lowest BCUT2D eigenvalue weighted by Crippen LogP contribution is -2.31. The molecule has 0 fully saturated rings. The maximum Gasteiger partial charge on any atom is 0.148 e. The minimum atomic E-state index is -0.528. The molecule has 0 atom stereocenters. The molecule has 0 aliphatic heterocycles. The lowest BCUT2D eigenvalue weighted by atomic mass is 10.0. The Hall–Kier alpha value is -1.74. The van der Waals surface area contributed by atoms with Crippen LogP contribution in [0.3, 0.4) is 0 Å². The third-order valence-electron chi connectivity index (χ3n) is 3.09. The van der Waals surface area contributed by atoms with E-state index in [0.29, 0.717) is 5.82 Å². The van der Waals surface area contributed by atoms with Crippen LogP contribution in [-0.2, 0) is 5.54 Å². The standard InChI is InChI=1S/C16H21N3/c1-10-6-7-13(11(2)8-10)14-9-12(3)18-15(19-14)16(4,5)17/h6-9H,17H2,1-5H3. The molecule has 0 spiro atoms. The highest BCUT2D eigenvalue weighted by Gasteiger charge is 2.19. The molecule has 0 aliphatic rings. The number of nitrogens with two attached hydrogens (primary N) is 1. The van der Waals surface area contributed by atoms with E-state index in [1.807, 2.05) is 26.8 Å². The molecule has 3 heteroatoms. The summed E-state index contributed by atoms with van der Waals surface area (Å²) in [5, 5.41) is 0. The Balaban J connectivity index is 2.59. The smallest absolute Gasteiger partial charge is 0.148 e. The largest absolute Gasteiger partial charge is 0.319 e. The number of hydrogen-bond donors (Lipinski definition) is 1. The van der Waals surface area contributed by atoms with Gasteiger partial charge in [0.2, 0.25) is 0 Å². The second kappa shape index (κ2) is 4.74. The minimum absolute atomic E-state index is 0.528. The molecule has 19 heavy (non-hydrogen) atoms. The minimum Gasteiger partial charge on any atom is -0.319 e. The van der Waals surface area contributed by atoms with Crippen LogP contribution in [0.4, 0.5) is 0 Å². The highest BCUT2D eigenvalue weighted by atomic mass is 15.0. The Morgan fingerprint density at radius 2 is 1.68 bits per heavy atom. The van der Waals surface area contributed by atoms with Crippen LogP contribution in [0.25, 0.3) is 11.3 Å². The van der Waals surface area contributed by atoms with E-state index in [9.17, 15) is 0 Å². The fourth-order valence-corrected chi connectivity index (χ4v) is 2.10. The van der Waals surface area contributed by atoms with Crippen molar-refractivity contribution in [2.45, 2.75) is 40.2 Å². The first kappa shape index (κ1) is 13.7. The van der Waals surface area contributed by atoms with Gasteiger partial charge >= 0.3 is 0 Å². The van der Waals surface area contributed by atoms with Crippen LogP contribution in [0.5, 0.6) is 0 Å². The zero-order valence-corrected chi connectivity index (χ0v) is 12.3. The second-order valence-corrected chi connectivity index (χ2v) is 5.76. The molecule has 0 amide bonds. The Kier molecular flexibility index (Phi) is 3.42. The van der Waals surface area contributed by atoms with Gasteiger partial charge < -0.3 is 5.73 Å². The summed E-state index contributed by atoms with van der Waals surface area (Å²) in [6.07, 6.45) is 0. The number of benzene rings is 1. The van der Waals surface area contributed by atoms with Gasteiger partial charge in [-0.15, -0.1) is 0 Å². The van der Waals surface area contributed by atoms with Crippen molar-refractivity contribution in [2.24, 2.45) is 5.73 Å². The number of hydrogen-bond acceptors (Lipinski definition) is 3. The summed E-state index contributed by atoms with van der Waals surface area (Å²) in [5.74, 6) is 0.683. The van der Waals surface area contributed by atoms with Gasteiger partial charge in [0.25, 0.3) is 0 Å². The molecule has 2 aromatic rings. The third-order valence-corrected chi connectivity index (χ3v) is 3.09. The molecule has 2 rings (SSSR count). The topological polar surface area (TPSA) is 51.8 Å². The molecule has 0 saturated heterocycles. The molecule has 0 unspecified atom stereocenters. The summed E-state index contributed by atoms with van der Waals surface area (Å²) in [5.41, 5.74) is 11.1. The van der Waals surface area contributed by atoms with Gasteiger partial charge in [-0.05, 0) is 46.2 Å². The quantitative estimate of drug-likeness (QED) is 0.896. The Labute approximate surface area is 114 Å². The highest BCUT2D eigenvalue weighted by molar-refractivity contribution is 5.64. The fourth-order valence-electron chi connectivity index (χ4n) is 2.10. The van der Waals surface area contributed by atoms with Gasteiger partial charge in [-0.1, -0.05) is 23.8 Å². The molecule has 1 heterocycles. The molecular weight excluding hydrogens is 234 g/mol. The lowest BCUT2D eigenvalue weighted by molar-refractivity contribution is 0.512. The van der Waals surface area contributed by atoms with Crippen LogP contribution < -0.4 is 5.73 Å². The van der Waals surface area contributed by atoms with Crippen molar-refractivity contribution in [1.29, 1.82) is 0 Å². The van der Waals surface area contributed by atoms with Crippen molar-refractivity contribution in [3.8, 4) is 11.3 Å². The van der Waals surface area contributed by atoms with Crippen LogP contribution in [0.15, 0.2) is 24.3 Å². The highest BCUT2D eigenvalue weighted by Crippen LogP contribution is 2.24. The lowest BCUT2D eigenvalue weighted by Gasteiger charge is -2.18. The van der Waals surface area contributed by atoms with Gasteiger partial charge in [0.05, 0.1) is 11.2 Å². The molecule has 0 saturated carbocycles. The molecule has 3 nitrogen and oxygen atoms in total. The summed E-state index contributed by atoms with van der Waals surface area (Å²) < 4.78 is 0. The average Bonchev–Trinajstić information content (AvgIpc) is 2.26. The van der Waals surface area contributed by atoms with E-state index in [0.717, 1.165) is 17.0 Å². The zero-order chi connectivity index (χ0) is 14.2. The van der Waals surface area contributed by atoms with Gasteiger partial charge in [0.15, 0.2) is 0 Å². The Bertz CT molecular complexity index is 610. The molecule has 1 aromatic heterocycles. The van der Waals surface area contributed by atoms with Crippen LogP contribution >= 0.6 is 0 Å². The maximum absolute atomic E-state index is 6.11. The van der Waals surface area contributed by atoms with Crippen molar-refractivity contribution in [3.63, 3.8) is 0 Å². The van der Waals surface area contributed by atoms with Crippen LogP contribution in [0.1, 0.15) is 36.5 Å². The number of nitrogens with zero attached hydrogens (tertiary/aromatic N) is 2. The Morgan fingerprint density at radius 1 is 1.00 bits per heavy atom. The molecule has 2 N–H and O–H groups in total. The van der Waals surface area contributed by atoms with Crippen molar-refractivity contribution >= 4 is 0 Å². The van der Waals surface area contributed by atoms with Gasteiger partial charge in [-0.3, -0.25) is 0 Å². The predicted molar refractivity (Wildman–Crippen MR) is 78.9 cm³/mol. The van der Waals surface area contributed by atoms with Gasteiger partial charge in [-0.2, -0.15) is 0 Å². The zero-order valence-electron chi connectivity index (χ0n) is 12.3. The summed E-state index contributed by atoms with van der Waals surface area (Å²) >= 11 is 0. The van der Waals surface area contributed by atoms with E-state index in [2.05, 4.69) is 42.0 Å². The first-order valence-electron chi connectivity index (χ1n) is 6.50. The van der Waals surface area contributed by atoms with Crippen molar-refractivity contribution < 1.29 is 0 Å². The van der Waals surface area contributed by atoms with E-state index in [1.165, 1.54) is 11.1 Å². The summed E-state index contributed by atoms with van der Waals surface area (Å²) in [7, 11) is 0. The maximum atomic E-state index is 6.11. The Morgan fingerprint density at radius 3 is 2.26 bits per heavy atom. The predicted octanol–water partition coefficient (Wildman–Crippen LogP) is 3.26. The number of rotatable bonds is 2. The molecule has 100 valence electrons. The first-order chi connectivity index (χ1) is 8.77. The van der Waals surface area contributed by atoms with E-state index in [-0.39, 0.29) is 0 Å². The van der Waals surface area contributed by atoms with Crippen LogP contribution in [0.2, 0.25) is 0 Å². The monoisotopic (exact) mass is 255 g/mol. The number of aromatic nitrogens is 2. The number of aryl methyl sites for hydroxylation is 3.